The van der Waals surface area contributed by atoms with Crippen LogP contribution in [0.4, 0.5) is 4.39 Å². The maximum absolute atomic E-state index is 13.4. The molecule has 0 saturated heterocycles. The summed E-state index contributed by atoms with van der Waals surface area (Å²) in [4.78, 5) is 15.8. The number of halogens is 3. The van der Waals surface area contributed by atoms with Crippen LogP contribution in [0.15, 0.2) is 59.9 Å². The van der Waals surface area contributed by atoms with E-state index in [0.717, 1.165) is 6.07 Å². The number of amides is 1. The summed E-state index contributed by atoms with van der Waals surface area (Å²) in [6.07, 6.45) is 2.49. The van der Waals surface area contributed by atoms with Gasteiger partial charge in [-0.25, -0.2) is 22.5 Å². The first kappa shape index (κ1) is 18.4. The predicted octanol–water partition coefficient (Wildman–Crippen LogP) is 3.44. The molecule has 1 aromatic heterocycles. The molecule has 2 aromatic carbocycles. The molecule has 0 unspecified atom stereocenters. The summed E-state index contributed by atoms with van der Waals surface area (Å²) in [5, 5.41) is 0.147. The summed E-state index contributed by atoms with van der Waals surface area (Å²) in [6, 6.07) is 9.49. The molecule has 0 aliphatic carbocycles. The van der Waals surface area contributed by atoms with E-state index < -0.39 is 21.7 Å². The lowest BCUT2D eigenvalue weighted by Gasteiger charge is -2.07. The van der Waals surface area contributed by atoms with Gasteiger partial charge in [0.05, 0.1) is 10.7 Å². The number of sulfonamides is 1. The highest BCUT2D eigenvalue weighted by molar-refractivity contribution is 7.90. The SMILES string of the molecule is O=C(NS(=O)(=O)c1ccccc1Cl)c1cn(-c2cc(F)cc(Cl)c2)cn1. The van der Waals surface area contributed by atoms with Crippen LogP contribution in [0.1, 0.15) is 10.5 Å². The largest absolute Gasteiger partial charge is 0.305 e. The number of imidazole rings is 1. The molecule has 0 saturated carbocycles. The molecule has 1 N–H and O–H groups in total. The van der Waals surface area contributed by atoms with E-state index in [1.165, 1.54) is 47.4 Å². The molecule has 1 heterocycles. The minimum Gasteiger partial charge on any atom is -0.305 e. The highest BCUT2D eigenvalue weighted by atomic mass is 35.5. The Morgan fingerprint density at radius 3 is 2.58 bits per heavy atom. The zero-order valence-corrected chi connectivity index (χ0v) is 15.2. The van der Waals surface area contributed by atoms with E-state index in [1.54, 1.807) is 6.07 Å². The second-order valence-electron chi connectivity index (χ2n) is 5.16. The van der Waals surface area contributed by atoms with Crippen molar-refractivity contribution < 1.29 is 17.6 Å². The summed E-state index contributed by atoms with van der Waals surface area (Å²) < 4.78 is 41.2. The number of carbonyl (C=O) groups is 1. The molecule has 0 spiro atoms. The van der Waals surface area contributed by atoms with E-state index in [-0.39, 0.29) is 20.6 Å². The van der Waals surface area contributed by atoms with Gasteiger partial charge in [0.15, 0.2) is 0 Å². The van der Waals surface area contributed by atoms with Crippen molar-refractivity contribution in [3.63, 3.8) is 0 Å². The monoisotopic (exact) mass is 413 g/mol. The van der Waals surface area contributed by atoms with Gasteiger partial charge in [-0.2, -0.15) is 0 Å². The van der Waals surface area contributed by atoms with E-state index in [0.29, 0.717) is 5.69 Å². The first-order valence-corrected chi connectivity index (χ1v) is 9.32. The highest BCUT2D eigenvalue weighted by Crippen LogP contribution is 2.21. The first-order valence-electron chi connectivity index (χ1n) is 7.08. The summed E-state index contributed by atoms with van der Waals surface area (Å²) in [5.74, 6) is -1.51. The molecule has 26 heavy (non-hydrogen) atoms. The molecule has 0 atom stereocenters. The molecule has 10 heteroatoms. The minimum absolute atomic E-state index is 0.0206. The van der Waals surface area contributed by atoms with Crippen molar-refractivity contribution in [1.82, 2.24) is 14.3 Å². The van der Waals surface area contributed by atoms with E-state index in [4.69, 9.17) is 23.2 Å². The van der Waals surface area contributed by atoms with Crippen molar-refractivity contribution in [1.29, 1.82) is 0 Å². The third kappa shape index (κ3) is 3.87. The average Bonchev–Trinajstić information content (AvgIpc) is 3.04. The number of hydrogen-bond acceptors (Lipinski definition) is 4. The van der Waals surface area contributed by atoms with Gasteiger partial charge < -0.3 is 4.57 Å². The van der Waals surface area contributed by atoms with Gasteiger partial charge in [0.2, 0.25) is 0 Å². The number of rotatable bonds is 4. The zero-order valence-electron chi connectivity index (χ0n) is 12.9. The Morgan fingerprint density at radius 1 is 1.15 bits per heavy atom. The Bertz CT molecular complexity index is 1080. The van der Waals surface area contributed by atoms with Crippen LogP contribution >= 0.6 is 23.2 Å². The second kappa shape index (κ2) is 7.06. The fourth-order valence-electron chi connectivity index (χ4n) is 2.16. The highest BCUT2D eigenvalue weighted by Gasteiger charge is 2.22. The van der Waals surface area contributed by atoms with Crippen LogP contribution in [0.2, 0.25) is 10.0 Å². The van der Waals surface area contributed by atoms with Crippen LogP contribution in [0, 0.1) is 5.82 Å². The van der Waals surface area contributed by atoms with E-state index in [1.807, 2.05) is 4.72 Å². The molecule has 0 radical (unpaired) electrons. The molecule has 1 amide bonds. The molecule has 0 aliphatic rings. The zero-order chi connectivity index (χ0) is 18.9. The number of nitrogens with zero attached hydrogens (tertiary/aromatic N) is 2. The maximum Gasteiger partial charge on any atom is 0.285 e. The lowest BCUT2D eigenvalue weighted by Crippen LogP contribution is -2.31. The van der Waals surface area contributed by atoms with Gasteiger partial charge in [0.25, 0.3) is 15.9 Å². The Hall–Kier alpha value is -2.42. The summed E-state index contributed by atoms with van der Waals surface area (Å²) in [7, 11) is -4.17. The Morgan fingerprint density at radius 2 is 1.88 bits per heavy atom. The quantitative estimate of drug-likeness (QED) is 0.710. The van der Waals surface area contributed by atoms with Gasteiger partial charge >= 0.3 is 0 Å². The Balaban J connectivity index is 1.86. The standard InChI is InChI=1S/C16H10Cl2FN3O3S/c17-10-5-11(19)7-12(6-10)22-8-14(20-9-22)16(23)21-26(24,25)15-4-2-1-3-13(15)18/h1-9H,(H,21,23). The van der Waals surface area contributed by atoms with Crippen LogP contribution in [0.25, 0.3) is 5.69 Å². The van der Waals surface area contributed by atoms with Crippen molar-refractivity contribution in [3.8, 4) is 5.69 Å². The van der Waals surface area contributed by atoms with Crippen molar-refractivity contribution >= 4 is 39.1 Å². The number of carbonyl (C=O) groups excluding carboxylic acids is 1. The van der Waals surface area contributed by atoms with Gasteiger partial charge in [-0.15, -0.1) is 0 Å². The Kier molecular flexibility index (Phi) is 4.99. The summed E-state index contributed by atoms with van der Waals surface area (Å²) in [6.45, 7) is 0. The summed E-state index contributed by atoms with van der Waals surface area (Å²) in [5.41, 5.74) is 0.150. The smallest absolute Gasteiger partial charge is 0.285 e. The molecular formula is C16H10Cl2FN3O3S. The van der Waals surface area contributed by atoms with Gasteiger partial charge in [-0.1, -0.05) is 35.3 Å². The average molecular weight is 414 g/mol. The topological polar surface area (TPSA) is 81.1 Å². The number of hydrogen-bond donors (Lipinski definition) is 1. The number of nitrogens with one attached hydrogen (secondary N) is 1. The van der Waals surface area contributed by atoms with Gasteiger partial charge in [-0.3, -0.25) is 4.79 Å². The second-order valence-corrected chi connectivity index (χ2v) is 7.65. The van der Waals surface area contributed by atoms with Crippen LogP contribution in [0.5, 0.6) is 0 Å². The molecule has 0 bridgehead atoms. The van der Waals surface area contributed by atoms with Crippen molar-refractivity contribution in [3.05, 3.63) is 76.5 Å². The maximum atomic E-state index is 13.4. The third-order valence-corrected chi connectivity index (χ3v) is 5.36. The fraction of sp³-hybridized carbons (Fsp3) is 0. The van der Waals surface area contributed by atoms with E-state index >= 15 is 0 Å². The predicted molar refractivity (Wildman–Crippen MR) is 94.6 cm³/mol. The normalized spacial score (nSPS) is 11.3. The van der Waals surface area contributed by atoms with Crippen LogP contribution < -0.4 is 4.72 Å². The van der Waals surface area contributed by atoms with E-state index in [2.05, 4.69) is 4.98 Å². The van der Waals surface area contributed by atoms with Crippen molar-refractivity contribution in [2.75, 3.05) is 0 Å². The molecule has 134 valence electrons. The lowest BCUT2D eigenvalue weighted by molar-refractivity contribution is 0.0977. The van der Waals surface area contributed by atoms with Crippen LogP contribution in [-0.2, 0) is 10.0 Å². The fourth-order valence-corrected chi connectivity index (χ4v) is 3.86. The number of aromatic nitrogens is 2. The van der Waals surface area contributed by atoms with Crippen molar-refractivity contribution in [2.24, 2.45) is 0 Å². The molecular weight excluding hydrogens is 404 g/mol. The number of benzene rings is 2. The molecule has 3 rings (SSSR count). The van der Waals surface area contributed by atoms with Crippen molar-refractivity contribution in [2.45, 2.75) is 4.90 Å². The molecule has 0 aliphatic heterocycles. The Labute approximate surface area is 158 Å². The van der Waals surface area contributed by atoms with E-state index in [9.17, 15) is 17.6 Å². The summed E-state index contributed by atoms with van der Waals surface area (Å²) >= 11 is 11.6. The van der Waals surface area contributed by atoms with Crippen LogP contribution in [-0.4, -0.2) is 23.9 Å². The van der Waals surface area contributed by atoms with Gasteiger partial charge in [-0.05, 0) is 30.3 Å². The van der Waals surface area contributed by atoms with Crippen LogP contribution in [0.3, 0.4) is 0 Å². The van der Waals surface area contributed by atoms with Gasteiger partial charge in [0, 0.05) is 11.2 Å². The minimum atomic E-state index is -4.17. The molecule has 0 fully saturated rings. The van der Waals surface area contributed by atoms with Gasteiger partial charge in [0.1, 0.15) is 22.7 Å². The molecule has 6 nitrogen and oxygen atoms in total. The molecule has 3 aromatic rings. The lowest BCUT2D eigenvalue weighted by atomic mass is 10.3. The first-order chi connectivity index (χ1) is 12.3. The third-order valence-electron chi connectivity index (χ3n) is 3.31.